The van der Waals surface area contributed by atoms with Gasteiger partial charge in [0.15, 0.2) is 0 Å². The second kappa shape index (κ2) is 5.79. The number of halogens is 6. The number of aryl methyl sites for hydroxylation is 2. The van der Waals surface area contributed by atoms with Gasteiger partial charge < -0.3 is 4.74 Å². The lowest BCUT2D eigenvalue weighted by molar-refractivity contribution is -0.138. The van der Waals surface area contributed by atoms with Gasteiger partial charge in [-0.3, -0.25) is 0 Å². The van der Waals surface area contributed by atoms with Gasteiger partial charge in [-0.1, -0.05) is 12.1 Å². The average Bonchev–Trinajstić information content (AvgIpc) is 2.40. The molecule has 0 atom stereocenters. The van der Waals surface area contributed by atoms with Crippen LogP contribution in [0.4, 0.5) is 26.3 Å². The van der Waals surface area contributed by atoms with Gasteiger partial charge in [0.05, 0.1) is 11.1 Å². The Balaban J connectivity index is 2.37. The van der Waals surface area contributed by atoms with Crippen LogP contribution in [0.25, 0.3) is 0 Å². The van der Waals surface area contributed by atoms with Crippen LogP contribution in [0.2, 0.25) is 0 Å². The smallest absolute Gasteiger partial charge is 0.416 e. The van der Waals surface area contributed by atoms with Crippen LogP contribution in [0.5, 0.6) is 11.5 Å². The summed E-state index contributed by atoms with van der Waals surface area (Å²) in [5.74, 6) is -0.361. The van der Waals surface area contributed by atoms with Crippen LogP contribution >= 0.6 is 0 Å². The minimum atomic E-state index is -4.56. The van der Waals surface area contributed by atoms with Gasteiger partial charge in [0, 0.05) is 0 Å². The van der Waals surface area contributed by atoms with Crippen LogP contribution in [0.1, 0.15) is 22.3 Å². The Hall–Kier alpha value is -2.18. The van der Waals surface area contributed by atoms with Gasteiger partial charge in [0.1, 0.15) is 11.5 Å². The van der Waals surface area contributed by atoms with E-state index >= 15 is 0 Å². The van der Waals surface area contributed by atoms with E-state index in [0.717, 1.165) is 12.1 Å². The molecule has 0 aliphatic rings. The molecule has 2 aromatic rings. The molecule has 0 amide bonds. The molecule has 2 rings (SSSR count). The Kier molecular flexibility index (Phi) is 4.32. The Morgan fingerprint density at radius 2 is 1.00 bits per heavy atom. The largest absolute Gasteiger partial charge is 0.457 e. The van der Waals surface area contributed by atoms with Crippen molar-refractivity contribution in [2.75, 3.05) is 0 Å². The molecule has 23 heavy (non-hydrogen) atoms. The first kappa shape index (κ1) is 17.2. The predicted molar refractivity (Wildman–Crippen MR) is 72.4 cm³/mol. The van der Waals surface area contributed by atoms with E-state index in [1.807, 2.05) is 0 Å². The van der Waals surface area contributed by atoms with E-state index in [2.05, 4.69) is 0 Å². The third-order valence-corrected chi connectivity index (χ3v) is 3.26. The molecule has 0 aromatic heterocycles. The fourth-order valence-corrected chi connectivity index (χ4v) is 2.08. The third-order valence-electron chi connectivity index (χ3n) is 3.26. The standard InChI is InChI=1S/C16H12F6O/c1-9-3-5-11(7-13(9)15(17,18)19)23-12-6-4-10(2)14(8-12)16(20,21)22/h3-8H,1-2H3. The lowest BCUT2D eigenvalue weighted by atomic mass is 10.1. The zero-order valence-electron chi connectivity index (χ0n) is 12.1. The molecular formula is C16H12F6O. The Bertz CT molecular complexity index is 654. The maximum Gasteiger partial charge on any atom is 0.416 e. The van der Waals surface area contributed by atoms with Crippen molar-refractivity contribution in [3.8, 4) is 11.5 Å². The van der Waals surface area contributed by atoms with Gasteiger partial charge in [-0.05, 0) is 49.2 Å². The summed E-state index contributed by atoms with van der Waals surface area (Å²) in [6.07, 6.45) is -9.12. The third kappa shape index (κ3) is 3.97. The number of hydrogen-bond donors (Lipinski definition) is 0. The molecule has 0 aliphatic carbocycles. The van der Waals surface area contributed by atoms with E-state index in [1.54, 1.807) is 0 Å². The minimum Gasteiger partial charge on any atom is -0.457 e. The van der Waals surface area contributed by atoms with Crippen molar-refractivity contribution in [2.45, 2.75) is 26.2 Å². The van der Waals surface area contributed by atoms with Gasteiger partial charge in [-0.2, -0.15) is 26.3 Å². The van der Waals surface area contributed by atoms with Crippen molar-refractivity contribution in [1.82, 2.24) is 0 Å². The molecule has 0 fully saturated rings. The monoisotopic (exact) mass is 334 g/mol. The van der Waals surface area contributed by atoms with Crippen molar-refractivity contribution in [3.05, 3.63) is 58.7 Å². The number of benzene rings is 2. The normalized spacial score (nSPS) is 12.3. The highest BCUT2D eigenvalue weighted by Crippen LogP contribution is 2.37. The number of ether oxygens (including phenoxy) is 1. The first-order valence-corrected chi connectivity index (χ1v) is 6.52. The van der Waals surface area contributed by atoms with E-state index < -0.39 is 23.5 Å². The number of alkyl halides is 6. The van der Waals surface area contributed by atoms with Gasteiger partial charge in [0.25, 0.3) is 0 Å². The molecule has 0 unspecified atom stereocenters. The van der Waals surface area contributed by atoms with Crippen molar-refractivity contribution < 1.29 is 31.1 Å². The lowest BCUT2D eigenvalue weighted by Gasteiger charge is -2.15. The zero-order chi connectivity index (χ0) is 17.4. The van der Waals surface area contributed by atoms with E-state index in [9.17, 15) is 26.3 Å². The Labute approximate surface area is 128 Å². The molecule has 0 saturated heterocycles. The Morgan fingerprint density at radius 1 is 0.652 bits per heavy atom. The molecule has 7 heteroatoms. The van der Waals surface area contributed by atoms with Gasteiger partial charge >= 0.3 is 12.4 Å². The van der Waals surface area contributed by atoms with Crippen molar-refractivity contribution >= 4 is 0 Å². The molecule has 0 spiro atoms. The summed E-state index contributed by atoms with van der Waals surface area (Å²) >= 11 is 0. The van der Waals surface area contributed by atoms with Crippen molar-refractivity contribution in [1.29, 1.82) is 0 Å². The van der Waals surface area contributed by atoms with Crippen LogP contribution in [-0.4, -0.2) is 0 Å². The van der Waals surface area contributed by atoms with Crippen LogP contribution in [0, 0.1) is 13.8 Å². The van der Waals surface area contributed by atoms with E-state index in [4.69, 9.17) is 4.74 Å². The maximum atomic E-state index is 12.8. The van der Waals surface area contributed by atoms with Crippen LogP contribution < -0.4 is 4.74 Å². The second-order valence-corrected chi connectivity index (χ2v) is 5.05. The average molecular weight is 334 g/mol. The van der Waals surface area contributed by atoms with E-state index in [1.165, 1.54) is 38.1 Å². The molecule has 124 valence electrons. The fraction of sp³-hybridized carbons (Fsp3) is 0.250. The van der Waals surface area contributed by atoms with E-state index in [0.29, 0.717) is 0 Å². The molecule has 0 aliphatic heterocycles. The first-order chi connectivity index (χ1) is 10.5. The highest BCUT2D eigenvalue weighted by Gasteiger charge is 2.34. The van der Waals surface area contributed by atoms with Crippen LogP contribution in [0.15, 0.2) is 36.4 Å². The van der Waals surface area contributed by atoms with Crippen LogP contribution in [0.3, 0.4) is 0 Å². The van der Waals surface area contributed by atoms with Gasteiger partial charge in [0.2, 0.25) is 0 Å². The first-order valence-electron chi connectivity index (χ1n) is 6.52. The maximum absolute atomic E-state index is 12.8. The highest BCUT2D eigenvalue weighted by molar-refractivity contribution is 5.42. The summed E-state index contributed by atoms with van der Waals surface area (Å²) in [4.78, 5) is 0. The molecule has 0 saturated carbocycles. The Morgan fingerprint density at radius 3 is 1.30 bits per heavy atom. The topological polar surface area (TPSA) is 9.23 Å². The molecule has 0 N–H and O–H groups in total. The fourth-order valence-electron chi connectivity index (χ4n) is 2.08. The second-order valence-electron chi connectivity index (χ2n) is 5.05. The summed E-state index contributed by atoms with van der Waals surface area (Å²) in [5.41, 5.74) is -1.77. The molecule has 0 bridgehead atoms. The summed E-state index contributed by atoms with van der Waals surface area (Å²) < 4.78 is 82.2. The summed E-state index contributed by atoms with van der Waals surface area (Å²) in [5, 5.41) is 0. The van der Waals surface area contributed by atoms with E-state index in [-0.39, 0.29) is 22.6 Å². The minimum absolute atomic E-state index is 0.00439. The predicted octanol–water partition coefficient (Wildman–Crippen LogP) is 6.13. The van der Waals surface area contributed by atoms with Crippen molar-refractivity contribution in [2.24, 2.45) is 0 Å². The summed E-state index contributed by atoms with van der Waals surface area (Å²) in [6.45, 7) is 2.58. The van der Waals surface area contributed by atoms with Crippen LogP contribution in [-0.2, 0) is 12.4 Å². The molecule has 2 aromatic carbocycles. The lowest BCUT2D eigenvalue weighted by Crippen LogP contribution is -2.08. The van der Waals surface area contributed by atoms with Gasteiger partial charge in [-0.25, -0.2) is 0 Å². The summed E-state index contributed by atoms with van der Waals surface area (Å²) in [6, 6.07) is 6.49. The van der Waals surface area contributed by atoms with Gasteiger partial charge in [-0.15, -0.1) is 0 Å². The SMILES string of the molecule is Cc1ccc(Oc2ccc(C)c(C(F)(F)F)c2)cc1C(F)(F)F. The molecule has 1 nitrogen and oxygen atoms in total. The summed E-state index contributed by atoms with van der Waals surface area (Å²) in [7, 11) is 0. The highest BCUT2D eigenvalue weighted by atomic mass is 19.4. The number of rotatable bonds is 2. The quantitative estimate of drug-likeness (QED) is 0.600. The molecule has 0 radical (unpaired) electrons. The zero-order valence-corrected chi connectivity index (χ0v) is 12.1. The molecular weight excluding hydrogens is 322 g/mol. The number of hydrogen-bond acceptors (Lipinski definition) is 1. The molecule has 0 heterocycles. The van der Waals surface area contributed by atoms with Crippen molar-refractivity contribution in [3.63, 3.8) is 0 Å².